The zero-order valence-corrected chi connectivity index (χ0v) is 35.7. The van der Waals surface area contributed by atoms with Crippen LogP contribution in [0.25, 0.3) is 0 Å². The molecule has 10 unspecified atom stereocenters. The Bertz CT molecular complexity index is 1220. The summed E-state index contributed by atoms with van der Waals surface area (Å²) >= 11 is 8.38. The standard InChI is InChI=1S/C17H27O3PS.C15H22O2S.C2H6ClOP.Na.H/c1-6-15-12(2)13(3)16(20-21(4,5)18)17(19-15)22-14-10-8-7-9-11-14;1-4-13-10(2)11(3)14(16)15(17-13)18-12-8-6-5-7-9-12;1-5(2,3)4;;/h7-13,15-17H,6H2,1-5H3;5-11,13-16H,4H2,1-3H3;1-2H3;;/q;;;+1;-1. The van der Waals surface area contributed by atoms with Crippen LogP contribution in [-0.4, -0.2) is 67.1 Å². The van der Waals surface area contributed by atoms with Gasteiger partial charge in [-0.1, -0.05) is 113 Å². The maximum absolute atomic E-state index is 12.2. The van der Waals surface area contributed by atoms with E-state index in [0.29, 0.717) is 17.8 Å². The molecule has 2 heterocycles. The van der Waals surface area contributed by atoms with Crippen molar-refractivity contribution in [1.82, 2.24) is 0 Å². The van der Waals surface area contributed by atoms with Crippen LogP contribution < -0.4 is 29.6 Å². The van der Waals surface area contributed by atoms with Crippen LogP contribution in [0.4, 0.5) is 0 Å². The third kappa shape index (κ3) is 15.7. The number of ether oxygens (including phenoxy) is 2. The van der Waals surface area contributed by atoms with Crippen molar-refractivity contribution in [2.24, 2.45) is 23.7 Å². The van der Waals surface area contributed by atoms with E-state index in [9.17, 15) is 14.2 Å². The van der Waals surface area contributed by atoms with Crippen LogP contribution >= 0.6 is 48.6 Å². The van der Waals surface area contributed by atoms with E-state index in [2.05, 4.69) is 65.8 Å². The molecule has 1 N–H and O–H groups in total. The number of hydrogen-bond acceptors (Lipinski definition) is 8. The van der Waals surface area contributed by atoms with Gasteiger partial charge in [0.15, 0.2) is 13.9 Å². The monoisotopic (exact) mass is 744 g/mol. The Morgan fingerprint density at radius 1 is 0.739 bits per heavy atom. The molecule has 46 heavy (non-hydrogen) atoms. The molecule has 258 valence electrons. The summed E-state index contributed by atoms with van der Waals surface area (Å²) in [5, 5.41) is 10.3. The summed E-state index contributed by atoms with van der Waals surface area (Å²) < 4.78 is 40.5. The van der Waals surface area contributed by atoms with Crippen LogP contribution in [0, 0.1) is 23.7 Å². The van der Waals surface area contributed by atoms with Gasteiger partial charge in [-0.05, 0) is 60.8 Å². The summed E-state index contributed by atoms with van der Waals surface area (Å²) in [6.45, 7) is 17.2. The molecule has 0 spiro atoms. The van der Waals surface area contributed by atoms with Crippen molar-refractivity contribution in [3.05, 3.63) is 60.7 Å². The predicted octanol–water partition coefficient (Wildman–Crippen LogP) is 7.53. The summed E-state index contributed by atoms with van der Waals surface area (Å²) in [5.74, 6) is 1.41. The van der Waals surface area contributed by atoms with Crippen LogP contribution in [0.5, 0.6) is 0 Å². The minimum atomic E-state index is -2.56. The molecule has 2 aromatic rings. The van der Waals surface area contributed by atoms with Gasteiger partial charge in [0.1, 0.15) is 17.0 Å². The van der Waals surface area contributed by atoms with Crippen molar-refractivity contribution in [2.45, 2.75) is 99.5 Å². The number of thioether (sulfide) groups is 2. The fourth-order valence-electron chi connectivity index (χ4n) is 5.37. The molecule has 2 saturated heterocycles. The molecular formula is C34H56ClNaO6P2S2. The Morgan fingerprint density at radius 2 is 1.11 bits per heavy atom. The van der Waals surface area contributed by atoms with Crippen molar-refractivity contribution in [3.8, 4) is 0 Å². The molecule has 0 aromatic heterocycles. The predicted molar refractivity (Wildman–Crippen MR) is 196 cm³/mol. The molecule has 12 heteroatoms. The molecular weight excluding hydrogens is 689 g/mol. The SMILES string of the molecule is CCC1OC(Sc2ccccc2)C(O)C(C)C1C.CCC1OC(Sc2ccccc2)C(OP(C)(C)=O)C(C)C1C.CP(C)(=O)Cl.[H-].[Na+]. The van der Waals surface area contributed by atoms with Crippen LogP contribution in [-0.2, 0) is 23.1 Å². The molecule has 4 rings (SSSR count). The minimum absolute atomic E-state index is 0. The molecule has 2 aromatic carbocycles. The molecule has 0 bridgehead atoms. The molecule has 0 saturated carbocycles. The number of aliphatic hydroxyl groups is 1. The summed E-state index contributed by atoms with van der Waals surface area (Å²) in [5.41, 5.74) is -0.268. The molecule has 2 aliphatic heterocycles. The quantitative estimate of drug-likeness (QED) is 0.220. The molecule has 10 atom stereocenters. The van der Waals surface area contributed by atoms with Gasteiger partial charge in [-0.3, -0.25) is 4.57 Å². The van der Waals surface area contributed by atoms with E-state index in [0.717, 1.165) is 22.6 Å². The second kappa shape index (κ2) is 21.2. The van der Waals surface area contributed by atoms with E-state index in [1.165, 1.54) is 13.3 Å². The van der Waals surface area contributed by atoms with Gasteiger partial charge in [0, 0.05) is 36.5 Å². The molecule has 0 aliphatic carbocycles. The molecule has 0 amide bonds. The first kappa shape index (κ1) is 44.8. The van der Waals surface area contributed by atoms with Crippen molar-refractivity contribution in [2.75, 3.05) is 26.7 Å². The van der Waals surface area contributed by atoms with Crippen LogP contribution in [0.3, 0.4) is 0 Å². The Labute approximate surface area is 316 Å². The fraction of sp³-hybridized carbons (Fsp3) is 0.647. The first-order valence-corrected chi connectivity index (χ1v) is 23.6. The fourth-order valence-corrected chi connectivity index (χ4v) is 8.72. The van der Waals surface area contributed by atoms with Crippen LogP contribution in [0.2, 0.25) is 0 Å². The van der Waals surface area contributed by atoms with E-state index in [1.54, 1.807) is 36.9 Å². The number of aliphatic hydroxyl groups excluding tert-OH is 1. The van der Waals surface area contributed by atoms with Crippen LogP contribution in [0.1, 0.15) is 55.8 Å². The molecule has 2 aliphatic rings. The van der Waals surface area contributed by atoms with Crippen LogP contribution in [0.15, 0.2) is 70.5 Å². The van der Waals surface area contributed by atoms with Gasteiger partial charge in [-0.2, -0.15) is 0 Å². The van der Waals surface area contributed by atoms with Gasteiger partial charge in [-0.25, -0.2) is 0 Å². The Morgan fingerprint density at radius 3 is 1.50 bits per heavy atom. The van der Waals surface area contributed by atoms with Gasteiger partial charge >= 0.3 is 29.6 Å². The van der Waals surface area contributed by atoms with E-state index < -0.39 is 20.0 Å². The Hall–Kier alpha value is 0.730. The van der Waals surface area contributed by atoms with Crippen molar-refractivity contribution in [1.29, 1.82) is 0 Å². The van der Waals surface area contributed by atoms with Gasteiger partial charge in [0.05, 0.1) is 18.3 Å². The number of halogens is 1. The summed E-state index contributed by atoms with van der Waals surface area (Å²) in [6.07, 6.45) is 1.93. The van der Waals surface area contributed by atoms with E-state index in [4.69, 9.17) is 25.2 Å². The minimum Gasteiger partial charge on any atom is -1.00 e. The molecule has 0 radical (unpaired) electrons. The van der Waals surface area contributed by atoms with Gasteiger partial charge in [0.2, 0.25) is 0 Å². The van der Waals surface area contributed by atoms with E-state index in [-0.39, 0.29) is 66.1 Å². The third-order valence-corrected chi connectivity index (χ3v) is 11.3. The van der Waals surface area contributed by atoms with Crippen molar-refractivity contribution in [3.63, 3.8) is 0 Å². The average molecular weight is 745 g/mol. The van der Waals surface area contributed by atoms with Crippen molar-refractivity contribution < 1.29 is 59.2 Å². The second-order valence-electron chi connectivity index (χ2n) is 12.7. The second-order valence-corrected chi connectivity index (χ2v) is 22.7. The maximum Gasteiger partial charge on any atom is 1.00 e. The van der Waals surface area contributed by atoms with Gasteiger partial charge in [-0.15, -0.1) is 0 Å². The number of hydrogen-bond donors (Lipinski definition) is 1. The average Bonchev–Trinajstić information content (AvgIpc) is 2.97. The zero-order chi connectivity index (χ0) is 33.9. The summed E-state index contributed by atoms with van der Waals surface area (Å²) in [4.78, 5) is 2.30. The first-order valence-electron chi connectivity index (χ1n) is 15.9. The summed E-state index contributed by atoms with van der Waals surface area (Å²) in [7, 11) is -2.56. The van der Waals surface area contributed by atoms with Gasteiger partial charge < -0.3 is 25.1 Å². The Kier molecular flexibility index (Phi) is 20.6. The molecule has 2 fully saturated rings. The van der Waals surface area contributed by atoms with Gasteiger partial charge in [0.25, 0.3) is 0 Å². The third-order valence-electron chi connectivity index (χ3n) is 8.22. The number of rotatable bonds is 8. The van der Waals surface area contributed by atoms with E-state index in [1.807, 2.05) is 36.4 Å². The first-order chi connectivity index (χ1) is 20.9. The van der Waals surface area contributed by atoms with E-state index >= 15 is 0 Å². The van der Waals surface area contributed by atoms with Crippen molar-refractivity contribution >= 4 is 48.6 Å². The smallest absolute Gasteiger partial charge is 1.00 e. The topological polar surface area (TPSA) is 82.1 Å². The molecule has 6 nitrogen and oxygen atoms in total. The largest absolute Gasteiger partial charge is 1.00 e. The Balaban J connectivity index is 0.000000768. The number of benzene rings is 2. The normalized spacial score (nSPS) is 31.3. The maximum atomic E-state index is 12.2. The summed E-state index contributed by atoms with van der Waals surface area (Å²) in [6, 6.07) is 20.4. The zero-order valence-electron chi connectivity index (χ0n) is 30.5.